The Labute approximate surface area is 120 Å². The van der Waals surface area contributed by atoms with Crippen LogP contribution in [0.3, 0.4) is 0 Å². The first-order valence-corrected chi connectivity index (χ1v) is 7.32. The van der Waals surface area contributed by atoms with Crippen LogP contribution in [0, 0.1) is 22.9 Å². The van der Waals surface area contributed by atoms with Crippen molar-refractivity contribution in [2.45, 2.75) is 11.8 Å². The van der Waals surface area contributed by atoms with Gasteiger partial charge in [-0.1, -0.05) is 18.2 Å². The fraction of sp³-hybridized carbons (Fsp3) is 0.0769. The highest BCUT2D eigenvalue weighted by atomic mass is 32.2. The molecule has 2 aromatic rings. The van der Waals surface area contributed by atoms with E-state index >= 15 is 0 Å². The van der Waals surface area contributed by atoms with Crippen molar-refractivity contribution >= 4 is 21.4 Å². The minimum Gasteiger partial charge on any atom is -0.279 e. The Morgan fingerprint density at radius 2 is 1.86 bits per heavy atom. The number of aryl methyl sites for hydroxylation is 1. The van der Waals surface area contributed by atoms with E-state index in [1.54, 1.807) is 31.2 Å². The normalized spacial score (nSPS) is 11.1. The third-order valence-electron chi connectivity index (χ3n) is 2.82. The van der Waals surface area contributed by atoms with Gasteiger partial charge >= 0.3 is 5.69 Å². The van der Waals surface area contributed by atoms with Crippen molar-refractivity contribution in [1.82, 2.24) is 0 Å². The van der Waals surface area contributed by atoms with Crippen LogP contribution in [0.25, 0.3) is 0 Å². The van der Waals surface area contributed by atoms with Crippen LogP contribution in [0.15, 0.2) is 47.4 Å². The summed E-state index contributed by atoms with van der Waals surface area (Å²) in [6.45, 7) is 1.72. The SMILES string of the molecule is Cc1ccccc1NS(=O)(=O)c1ccc([N+](=O)[O-])c(F)c1. The maximum atomic E-state index is 13.5. The average molecular weight is 310 g/mol. The molecule has 0 bridgehead atoms. The first kappa shape index (κ1) is 14.9. The molecule has 0 spiro atoms. The predicted molar refractivity (Wildman–Crippen MR) is 75.0 cm³/mol. The highest BCUT2D eigenvalue weighted by Gasteiger charge is 2.21. The van der Waals surface area contributed by atoms with E-state index in [0.29, 0.717) is 17.3 Å². The molecular formula is C13H11FN2O4S. The molecule has 0 heterocycles. The molecule has 21 heavy (non-hydrogen) atoms. The molecule has 0 atom stereocenters. The Kier molecular flexibility index (Phi) is 3.90. The Morgan fingerprint density at radius 1 is 1.19 bits per heavy atom. The number of sulfonamides is 1. The summed E-state index contributed by atoms with van der Waals surface area (Å²) in [5, 5.41) is 10.5. The Balaban J connectivity index is 2.39. The Bertz CT molecular complexity index is 806. The molecule has 0 saturated heterocycles. The summed E-state index contributed by atoms with van der Waals surface area (Å²) in [4.78, 5) is 9.22. The molecule has 8 heteroatoms. The number of hydrogen-bond acceptors (Lipinski definition) is 4. The molecule has 0 fully saturated rings. The first-order valence-electron chi connectivity index (χ1n) is 5.83. The van der Waals surface area contributed by atoms with Crippen LogP contribution < -0.4 is 4.72 Å². The van der Waals surface area contributed by atoms with Gasteiger partial charge < -0.3 is 0 Å². The van der Waals surface area contributed by atoms with E-state index in [-0.39, 0.29) is 4.90 Å². The molecule has 6 nitrogen and oxygen atoms in total. The van der Waals surface area contributed by atoms with Gasteiger partial charge in [-0.2, -0.15) is 4.39 Å². The summed E-state index contributed by atoms with van der Waals surface area (Å²) in [6, 6.07) is 9.12. The van der Waals surface area contributed by atoms with Gasteiger partial charge in [0.15, 0.2) is 0 Å². The van der Waals surface area contributed by atoms with Crippen LogP contribution in [0.2, 0.25) is 0 Å². The number of nitro benzene ring substituents is 1. The number of rotatable bonds is 4. The zero-order chi connectivity index (χ0) is 15.6. The molecule has 0 unspecified atom stereocenters. The summed E-state index contributed by atoms with van der Waals surface area (Å²) in [7, 11) is -4.01. The number of halogens is 1. The molecule has 0 saturated carbocycles. The first-order chi connectivity index (χ1) is 9.81. The molecule has 2 aromatic carbocycles. The van der Waals surface area contributed by atoms with Crippen LogP contribution >= 0.6 is 0 Å². The van der Waals surface area contributed by atoms with E-state index in [2.05, 4.69) is 4.72 Å². The van der Waals surface area contributed by atoms with Crippen molar-refractivity contribution in [3.63, 3.8) is 0 Å². The van der Waals surface area contributed by atoms with E-state index in [0.717, 1.165) is 12.1 Å². The number of benzene rings is 2. The topological polar surface area (TPSA) is 89.3 Å². The van der Waals surface area contributed by atoms with Gasteiger partial charge in [-0.25, -0.2) is 8.42 Å². The second-order valence-electron chi connectivity index (χ2n) is 4.29. The Morgan fingerprint density at radius 3 is 2.43 bits per heavy atom. The lowest BCUT2D eigenvalue weighted by Crippen LogP contribution is -2.14. The standard InChI is InChI=1S/C13H11FN2O4S/c1-9-4-2-3-5-12(9)15-21(19,20)10-6-7-13(16(17)18)11(14)8-10/h2-8,15H,1H3. The quantitative estimate of drug-likeness (QED) is 0.694. The van der Waals surface area contributed by atoms with E-state index in [1.165, 1.54) is 0 Å². The fourth-order valence-electron chi connectivity index (χ4n) is 1.69. The summed E-state index contributed by atoms with van der Waals surface area (Å²) >= 11 is 0. The largest absolute Gasteiger partial charge is 0.304 e. The zero-order valence-electron chi connectivity index (χ0n) is 10.9. The lowest BCUT2D eigenvalue weighted by atomic mass is 10.2. The maximum Gasteiger partial charge on any atom is 0.304 e. The molecule has 2 rings (SSSR count). The van der Waals surface area contributed by atoms with Crippen molar-refractivity contribution in [3.8, 4) is 0 Å². The number of nitrogens with one attached hydrogen (secondary N) is 1. The third kappa shape index (κ3) is 3.16. The average Bonchev–Trinajstić information content (AvgIpc) is 2.40. The fourth-order valence-corrected chi connectivity index (χ4v) is 2.84. The number of anilines is 1. The van der Waals surface area contributed by atoms with Crippen molar-refractivity contribution in [1.29, 1.82) is 0 Å². The number of hydrogen-bond donors (Lipinski definition) is 1. The Hall–Kier alpha value is -2.48. The molecule has 0 aliphatic heterocycles. The molecule has 0 aromatic heterocycles. The van der Waals surface area contributed by atoms with Crippen molar-refractivity contribution in [2.75, 3.05) is 4.72 Å². The van der Waals surface area contributed by atoms with Crippen molar-refractivity contribution in [3.05, 3.63) is 64.0 Å². The minimum absolute atomic E-state index is 0.358. The van der Waals surface area contributed by atoms with Crippen LogP contribution in [-0.4, -0.2) is 13.3 Å². The monoisotopic (exact) mass is 310 g/mol. The van der Waals surface area contributed by atoms with E-state index < -0.39 is 26.5 Å². The summed E-state index contributed by atoms with van der Waals surface area (Å²) < 4.78 is 40.1. The van der Waals surface area contributed by atoms with Gasteiger partial charge in [-0.3, -0.25) is 14.8 Å². The van der Waals surface area contributed by atoms with Crippen LogP contribution in [0.1, 0.15) is 5.56 Å². The van der Waals surface area contributed by atoms with Gasteiger partial charge in [0.25, 0.3) is 10.0 Å². The van der Waals surface area contributed by atoms with Gasteiger partial charge in [0.05, 0.1) is 15.5 Å². The van der Waals surface area contributed by atoms with E-state index in [1.807, 2.05) is 0 Å². The number of nitrogens with zero attached hydrogens (tertiary/aromatic N) is 1. The molecular weight excluding hydrogens is 299 g/mol. The van der Waals surface area contributed by atoms with E-state index in [4.69, 9.17) is 0 Å². The van der Waals surface area contributed by atoms with Gasteiger partial charge in [0, 0.05) is 12.1 Å². The van der Waals surface area contributed by atoms with Gasteiger partial charge in [0.1, 0.15) is 0 Å². The predicted octanol–water partition coefficient (Wildman–Crippen LogP) is 2.84. The molecule has 1 N–H and O–H groups in total. The van der Waals surface area contributed by atoms with E-state index in [9.17, 15) is 22.9 Å². The highest BCUT2D eigenvalue weighted by Crippen LogP contribution is 2.23. The smallest absolute Gasteiger partial charge is 0.279 e. The van der Waals surface area contributed by atoms with Crippen molar-refractivity contribution < 1.29 is 17.7 Å². The molecule has 0 aliphatic carbocycles. The van der Waals surface area contributed by atoms with Crippen LogP contribution in [0.4, 0.5) is 15.8 Å². The number of para-hydroxylation sites is 1. The van der Waals surface area contributed by atoms with Crippen LogP contribution in [-0.2, 0) is 10.0 Å². The van der Waals surface area contributed by atoms with Gasteiger partial charge in [0.2, 0.25) is 5.82 Å². The van der Waals surface area contributed by atoms with Gasteiger partial charge in [-0.05, 0) is 24.6 Å². The summed E-state index contributed by atoms with van der Waals surface area (Å²) in [6.07, 6.45) is 0. The van der Waals surface area contributed by atoms with Crippen LogP contribution in [0.5, 0.6) is 0 Å². The molecule has 0 radical (unpaired) electrons. The zero-order valence-corrected chi connectivity index (χ0v) is 11.7. The molecule has 0 amide bonds. The second-order valence-corrected chi connectivity index (χ2v) is 5.97. The second kappa shape index (κ2) is 5.49. The third-order valence-corrected chi connectivity index (χ3v) is 4.18. The number of nitro groups is 1. The maximum absolute atomic E-state index is 13.5. The molecule has 0 aliphatic rings. The summed E-state index contributed by atoms with van der Waals surface area (Å²) in [5.41, 5.74) is 0.282. The lowest BCUT2D eigenvalue weighted by molar-refractivity contribution is -0.387. The van der Waals surface area contributed by atoms with Gasteiger partial charge in [-0.15, -0.1) is 0 Å². The minimum atomic E-state index is -4.01. The van der Waals surface area contributed by atoms with Crippen molar-refractivity contribution in [2.24, 2.45) is 0 Å². The lowest BCUT2D eigenvalue weighted by Gasteiger charge is -2.10. The molecule has 110 valence electrons. The highest BCUT2D eigenvalue weighted by molar-refractivity contribution is 7.92. The summed E-state index contributed by atoms with van der Waals surface area (Å²) in [5.74, 6) is -1.20.